The molecule has 0 atom stereocenters. The second-order valence-corrected chi connectivity index (χ2v) is 15.3. The number of hydrogen-bond acceptors (Lipinski definition) is 2. The number of hydrogen-bond donors (Lipinski definition) is 0. The van der Waals surface area contributed by atoms with E-state index in [4.69, 9.17) is 4.74 Å². The average Bonchev–Trinajstić information content (AvgIpc) is 3.88. The van der Waals surface area contributed by atoms with Gasteiger partial charge in [0.15, 0.2) is 11.5 Å². The zero-order chi connectivity index (χ0) is 36.9. The molecule has 1 aliphatic rings. The van der Waals surface area contributed by atoms with E-state index < -0.39 is 0 Å². The second kappa shape index (κ2) is 10.5. The maximum Gasteiger partial charge on any atom is 0.151 e. The first-order valence-corrected chi connectivity index (χ1v) is 19.5. The van der Waals surface area contributed by atoms with E-state index in [0.29, 0.717) is 0 Å². The van der Waals surface area contributed by atoms with Gasteiger partial charge in [0.25, 0.3) is 0 Å². The van der Waals surface area contributed by atoms with Gasteiger partial charge in [-0.15, -0.1) is 0 Å². The second-order valence-electron chi connectivity index (χ2n) is 15.3. The zero-order valence-electron chi connectivity index (χ0n) is 30.5. The van der Waals surface area contributed by atoms with Gasteiger partial charge >= 0.3 is 0 Å². The summed E-state index contributed by atoms with van der Waals surface area (Å²) in [6, 6.07) is 66.2. The van der Waals surface area contributed by atoms with Crippen LogP contribution < -0.4 is 9.64 Å². The van der Waals surface area contributed by atoms with Gasteiger partial charge in [-0.05, 0) is 78.2 Å². The Morgan fingerprint density at radius 2 is 0.930 bits per heavy atom. The van der Waals surface area contributed by atoms with Crippen LogP contribution in [0.15, 0.2) is 182 Å². The summed E-state index contributed by atoms with van der Waals surface area (Å²) in [4.78, 5) is 2.33. The molecule has 0 saturated carbocycles. The van der Waals surface area contributed by atoms with Crippen LogP contribution in [0.2, 0.25) is 0 Å². The molecule has 14 rings (SSSR count). The van der Waals surface area contributed by atoms with E-state index in [1.54, 1.807) is 0 Å². The molecule has 57 heavy (non-hydrogen) atoms. The van der Waals surface area contributed by atoms with E-state index in [9.17, 15) is 0 Å². The Morgan fingerprint density at radius 1 is 0.333 bits per heavy atom. The van der Waals surface area contributed by atoms with Crippen LogP contribution >= 0.6 is 0 Å². The summed E-state index contributed by atoms with van der Waals surface area (Å²) in [6.07, 6.45) is 0. The molecule has 0 bridgehead atoms. The van der Waals surface area contributed by atoms with Crippen molar-refractivity contribution < 1.29 is 4.74 Å². The van der Waals surface area contributed by atoms with Crippen LogP contribution in [0.25, 0.3) is 92.9 Å². The van der Waals surface area contributed by atoms with Gasteiger partial charge in [-0.2, -0.15) is 0 Å². The van der Waals surface area contributed by atoms with E-state index >= 15 is 0 Å². The smallest absolute Gasteiger partial charge is 0.151 e. The van der Waals surface area contributed by atoms with Crippen molar-refractivity contribution in [1.82, 2.24) is 13.4 Å². The number of nitrogens with zero attached hydrogens (tertiary/aromatic N) is 4. The van der Waals surface area contributed by atoms with Gasteiger partial charge in [-0.1, -0.05) is 109 Å². The predicted octanol–water partition coefficient (Wildman–Crippen LogP) is 14.1. The lowest BCUT2D eigenvalue weighted by atomic mass is 10.0. The predicted molar refractivity (Wildman–Crippen MR) is 236 cm³/mol. The van der Waals surface area contributed by atoms with Gasteiger partial charge < -0.3 is 23.0 Å². The molecule has 0 fully saturated rings. The molecule has 5 nitrogen and oxygen atoms in total. The van der Waals surface area contributed by atoms with Crippen LogP contribution in [0.3, 0.4) is 0 Å². The van der Waals surface area contributed by atoms with Crippen molar-refractivity contribution in [2.75, 3.05) is 4.90 Å². The van der Waals surface area contributed by atoms with Gasteiger partial charge in [0.05, 0.1) is 55.5 Å². The third kappa shape index (κ3) is 3.64. The normalized spacial score (nSPS) is 13.0. The van der Waals surface area contributed by atoms with Crippen LogP contribution in [0.1, 0.15) is 0 Å². The number of benzene rings is 9. The van der Waals surface area contributed by atoms with Crippen molar-refractivity contribution in [3.63, 3.8) is 0 Å². The third-order valence-corrected chi connectivity index (χ3v) is 12.5. The molecule has 0 saturated heterocycles. The Balaban J connectivity index is 1.17. The van der Waals surface area contributed by atoms with Gasteiger partial charge in [0.1, 0.15) is 0 Å². The molecular weight excluding hydrogens is 697 g/mol. The largest absolute Gasteiger partial charge is 0.453 e. The maximum absolute atomic E-state index is 6.60. The minimum Gasteiger partial charge on any atom is -0.453 e. The molecule has 264 valence electrons. The number of para-hydroxylation sites is 7. The summed E-state index contributed by atoms with van der Waals surface area (Å²) in [5.41, 5.74) is 13.8. The fraction of sp³-hybridized carbons (Fsp3) is 0. The van der Waals surface area contributed by atoms with Gasteiger partial charge in [0.2, 0.25) is 0 Å². The summed E-state index contributed by atoms with van der Waals surface area (Å²) < 4.78 is 14.1. The Kier molecular flexibility index (Phi) is 5.45. The highest BCUT2D eigenvalue weighted by Gasteiger charge is 2.28. The number of aromatic nitrogens is 3. The highest BCUT2D eigenvalue weighted by Crippen LogP contribution is 2.52. The lowest BCUT2D eigenvalue weighted by Crippen LogP contribution is -2.16. The Hall–Kier alpha value is -7.76. The zero-order valence-corrected chi connectivity index (χ0v) is 30.5. The Bertz CT molecular complexity index is 3850. The molecule has 5 heteroatoms. The minimum absolute atomic E-state index is 0.827. The Morgan fingerprint density at radius 3 is 1.75 bits per heavy atom. The first-order valence-electron chi connectivity index (χ1n) is 19.5. The lowest BCUT2D eigenvalue weighted by Gasteiger charge is -2.33. The van der Waals surface area contributed by atoms with E-state index in [-0.39, 0.29) is 0 Å². The summed E-state index contributed by atoms with van der Waals surface area (Å²) in [5, 5.41) is 10.0. The van der Waals surface area contributed by atoms with Crippen molar-refractivity contribution >= 4 is 104 Å². The van der Waals surface area contributed by atoms with Crippen molar-refractivity contribution in [3.8, 4) is 17.2 Å². The quantitative estimate of drug-likeness (QED) is 0.177. The van der Waals surface area contributed by atoms with E-state index in [1.807, 2.05) is 12.1 Å². The average molecular weight is 727 g/mol. The third-order valence-electron chi connectivity index (χ3n) is 12.5. The minimum atomic E-state index is 0.827. The van der Waals surface area contributed by atoms with Crippen LogP contribution in [0, 0.1) is 0 Å². The summed E-state index contributed by atoms with van der Waals surface area (Å²) in [6.45, 7) is 0. The number of anilines is 3. The molecule has 0 radical (unpaired) electrons. The molecule has 0 amide bonds. The fourth-order valence-corrected chi connectivity index (χ4v) is 10.2. The van der Waals surface area contributed by atoms with Gasteiger partial charge in [0, 0.05) is 49.1 Å². The maximum atomic E-state index is 6.60. The molecule has 0 N–H and O–H groups in total. The van der Waals surface area contributed by atoms with Gasteiger partial charge in [-0.25, -0.2) is 0 Å². The summed E-state index contributed by atoms with van der Waals surface area (Å²) in [5.74, 6) is 1.67. The van der Waals surface area contributed by atoms with E-state index in [0.717, 1.165) is 34.2 Å². The molecule has 0 unspecified atom stereocenters. The van der Waals surface area contributed by atoms with E-state index in [1.165, 1.54) is 87.2 Å². The molecular formula is C52H30N4O. The summed E-state index contributed by atoms with van der Waals surface area (Å²) in [7, 11) is 0. The van der Waals surface area contributed by atoms with Crippen LogP contribution in [0.5, 0.6) is 11.5 Å². The SMILES string of the molecule is c1ccc(N2c3ccccc3Oc3ccc(-n4c5ccccc5c5ccc6c(c7ccc8ccc9c%10ccccc%10n%10c%11ccccc%11n6c7c8c9%10)c54)cc32)cc1. The molecule has 1 aliphatic heterocycles. The van der Waals surface area contributed by atoms with Gasteiger partial charge in [-0.3, -0.25) is 0 Å². The van der Waals surface area contributed by atoms with Crippen LogP contribution in [-0.4, -0.2) is 13.4 Å². The molecule has 5 heterocycles. The van der Waals surface area contributed by atoms with Crippen LogP contribution in [-0.2, 0) is 0 Å². The standard InChI is InChI=1S/C52H30N4O/c1-2-12-32(13-3-1)53-43-20-10-11-21-46(43)57-47-29-24-33(30-45(47)53)54-39-16-6-4-14-34(39)37-27-28-44-49(51(37)54)38-26-23-31-22-25-36-35-15-5-7-17-40(35)55-41-18-8-9-19-42(41)56(44)52(38)48(31)50(36)55/h1-30H. The highest BCUT2D eigenvalue weighted by molar-refractivity contribution is 6.33. The fourth-order valence-electron chi connectivity index (χ4n) is 10.2. The number of fused-ring (bicyclic) bond motifs is 15. The summed E-state index contributed by atoms with van der Waals surface area (Å²) >= 11 is 0. The van der Waals surface area contributed by atoms with Crippen molar-refractivity contribution in [2.24, 2.45) is 0 Å². The molecule has 0 spiro atoms. The molecule has 13 aromatic rings. The molecule has 4 aromatic heterocycles. The monoisotopic (exact) mass is 726 g/mol. The highest BCUT2D eigenvalue weighted by atomic mass is 16.5. The number of ether oxygens (including phenoxy) is 1. The molecule has 9 aromatic carbocycles. The van der Waals surface area contributed by atoms with Crippen molar-refractivity contribution in [3.05, 3.63) is 182 Å². The first-order chi connectivity index (χ1) is 28.3. The lowest BCUT2D eigenvalue weighted by molar-refractivity contribution is 0.477. The number of rotatable bonds is 2. The topological polar surface area (TPSA) is 26.2 Å². The first kappa shape index (κ1) is 29.6. The van der Waals surface area contributed by atoms with E-state index in [2.05, 4.69) is 188 Å². The van der Waals surface area contributed by atoms with Crippen molar-refractivity contribution in [1.29, 1.82) is 0 Å². The molecule has 0 aliphatic carbocycles. The Labute approximate surface area is 325 Å². The van der Waals surface area contributed by atoms with Crippen molar-refractivity contribution in [2.45, 2.75) is 0 Å². The van der Waals surface area contributed by atoms with Crippen LogP contribution in [0.4, 0.5) is 17.1 Å².